The summed E-state index contributed by atoms with van der Waals surface area (Å²) in [6, 6.07) is 0. The molecule has 0 bridgehead atoms. The molecule has 2 N–H and O–H groups in total. The van der Waals surface area contributed by atoms with E-state index in [2.05, 4.69) is 10.6 Å². The minimum atomic E-state index is -0.323. The van der Waals surface area contributed by atoms with Gasteiger partial charge in [0.05, 0.1) is 12.0 Å². The molecule has 1 rings (SSSR count). The maximum Gasteiger partial charge on any atom is 0.240 e. The summed E-state index contributed by atoms with van der Waals surface area (Å²) >= 11 is 0. The standard InChI is InChI=1S/C14H27N3O2/c1-6-14(7-8-15-10-14)12(19)17(5)9-11(18)16-13(2,3)4/h15H,6-10H2,1-5H3,(H,16,18). The molecule has 110 valence electrons. The molecule has 1 saturated heterocycles. The molecule has 1 unspecified atom stereocenters. The van der Waals surface area contributed by atoms with Crippen LogP contribution in [0.1, 0.15) is 40.5 Å². The number of likely N-dealkylation sites (N-methyl/N-ethyl adjacent to an activating group) is 1. The normalized spacial score (nSPS) is 23.2. The maximum absolute atomic E-state index is 12.5. The van der Waals surface area contributed by atoms with Crippen molar-refractivity contribution in [2.75, 3.05) is 26.7 Å². The Morgan fingerprint density at radius 3 is 2.42 bits per heavy atom. The first-order valence-electron chi connectivity index (χ1n) is 6.97. The zero-order valence-electron chi connectivity index (χ0n) is 12.8. The van der Waals surface area contributed by atoms with Gasteiger partial charge >= 0.3 is 0 Å². The molecule has 1 aliphatic heterocycles. The fourth-order valence-electron chi connectivity index (χ4n) is 2.53. The van der Waals surface area contributed by atoms with Crippen molar-refractivity contribution in [3.8, 4) is 0 Å². The van der Waals surface area contributed by atoms with Crippen LogP contribution in [0.15, 0.2) is 0 Å². The van der Waals surface area contributed by atoms with Crippen molar-refractivity contribution in [3.05, 3.63) is 0 Å². The molecule has 2 amide bonds. The largest absolute Gasteiger partial charge is 0.350 e. The second kappa shape index (κ2) is 5.90. The third kappa shape index (κ3) is 4.20. The van der Waals surface area contributed by atoms with Crippen LogP contribution in [0.3, 0.4) is 0 Å². The zero-order chi connectivity index (χ0) is 14.7. The van der Waals surface area contributed by atoms with E-state index >= 15 is 0 Å². The fourth-order valence-corrected chi connectivity index (χ4v) is 2.53. The van der Waals surface area contributed by atoms with E-state index in [-0.39, 0.29) is 29.3 Å². The highest BCUT2D eigenvalue weighted by molar-refractivity contribution is 5.88. The van der Waals surface area contributed by atoms with E-state index in [1.807, 2.05) is 27.7 Å². The lowest BCUT2D eigenvalue weighted by Gasteiger charge is -2.31. The van der Waals surface area contributed by atoms with Gasteiger partial charge in [0, 0.05) is 19.1 Å². The first kappa shape index (κ1) is 16.0. The van der Waals surface area contributed by atoms with Gasteiger partial charge in [0.2, 0.25) is 11.8 Å². The highest BCUT2D eigenvalue weighted by Crippen LogP contribution is 2.31. The molecule has 0 spiro atoms. The Hall–Kier alpha value is -1.10. The second-order valence-corrected chi connectivity index (χ2v) is 6.52. The van der Waals surface area contributed by atoms with Crippen molar-refractivity contribution in [1.82, 2.24) is 15.5 Å². The lowest BCUT2D eigenvalue weighted by molar-refractivity contribution is -0.143. The highest BCUT2D eigenvalue weighted by Gasteiger charge is 2.41. The van der Waals surface area contributed by atoms with Crippen molar-refractivity contribution < 1.29 is 9.59 Å². The number of nitrogens with zero attached hydrogens (tertiary/aromatic N) is 1. The van der Waals surface area contributed by atoms with E-state index in [0.29, 0.717) is 6.54 Å². The van der Waals surface area contributed by atoms with Crippen molar-refractivity contribution >= 4 is 11.8 Å². The summed E-state index contributed by atoms with van der Waals surface area (Å²) in [5.74, 6) is -0.0374. The summed E-state index contributed by atoms with van der Waals surface area (Å²) in [7, 11) is 1.71. The molecule has 0 saturated carbocycles. The maximum atomic E-state index is 12.5. The first-order chi connectivity index (χ1) is 8.70. The Morgan fingerprint density at radius 1 is 1.37 bits per heavy atom. The molecule has 1 heterocycles. The van der Waals surface area contributed by atoms with E-state index in [1.54, 1.807) is 11.9 Å². The summed E-state index contributed by atoms with van der Waals surface area (Å²) in [6.07, 6.45) is 1.66. The molecule has 19 heavy (non-hydrogen) atoms. The van der Waals surface area contributed by atoms with Gasteiger partial charge in [-0.15, -0.1) is 0 Å². The van der Waals surface area contributed by atoms with Crippen LogP contribution in [0.2, 0.25) is 0 Å². The van der Waals surface area contributed by atoms with Crippen LogP contribution in [-0.2, 0) is 9.59 Å². The molecule has 0 aliphatic carbocycles. The number of hydrogen-bond acceptors (Lipinski definition) is 3. The van der Waals surface area contributed by atoms with Crippen molar-refractivity contribution in [3.63, 3.8) is 0 Å². The Morgan fingerprint density at radius 2 is 2.00 bits per heavy atom. The van der Waals surface area contributed by atoms with E-state index < -0.39 is 0 Å². The monoisotopic (exact) mass is 269 g/mol. The van der Waals surface area contributed by atoms with Crippen LogP contribution in [-0.4, -0.2) is 48.9 Å². The predicted molar refractivity (Wildman–Crippen MR) is 75.7 cm³/mol. The van der Waals surface area contributed by atoms with Crippen molar-refractivity contribution in [2.45, 2.75) is 46.1 Å². The number of rotatable bonds is 4. The Labute approximate surface area is 116 Å². The Balaban J connectivity index is 2.60. The Bertz CT molecular complexity index is 341. The van der Waals surface area contributed by atoms with Crippen LogP contribution in [0, 0.1) is 5.41 Å². The van der Waals surface area contributed by atoms with Gasteiger partial charge in [-0.05, 0) is 40.2 Å². The number of carbonyl (C=O) groups excluding carboxylic acids is 2. The van der Waals surface area contributed by atoms with E-state index in [0.717, 1.165) is 19.4 Å². The van der Waals surface area contributed by atoms with Gasteiger partial charge in [-0.2, -0.15) is 0 Å². The zero-order valence-corrected chi connectivity index (χ0v) is 12.8. The van der Waals surface area contributed by atoms with Gasteiger partial charge in [0.15, 0.2) is 0 Å². The van der Waals surface area contributed by atoms with Gasteiger partial charge in [0.25, 0.3) is 0 Å². The average molecular weight is 269 g/mol. The number of amides is 2. The number of nitrogens with one attached hydrogen (secondary N) is 2. The molecule has 0 aromatic heterocycles. The van der Waals surface area contributed by atoms with Gasteiger partial charge in [-0.1, -0.05) is 6.92 Å². The lowest BCUT2D eigenvalue weighted by Crippen LogP contribution is -2.50. The van der Waals surface area contributed by atoms with Gasteiger partial charge < -0.3 is 15.5 Å². The summed E-state index contributed by atoms with van der Waals surface area (Å²) in [5.41, 5.74) is -0.588. The molecule has 5 heteroatoms. The average Bonchev–Trinajstić information content (AvgIpc) is 2.74. The van der Waals surface area contributed by atoms with Crippen LogP contribution in [0.25, 0.3) is 0 Å². The minimum absolute atomic E-state index is 0.0732. The molecule has 5 nitrogen and oxygen atoms in total. The summed E-state index contributed by atoms with van der Waals surface area (Å²) in [6.45, 7) is 9.55. The topological polar surface area (TPSA) is 61.4 Å². The molecule has 0 aromatic carbocycles. The molecule has 1 aliphatic rings. The van der Waals surface area contributed by atoms with Gasteiger partial charge in [-0.25, -0.2) is 0 Å². The van der Waals surface area contributed by atoms with Crippen LogP contribution < -0.4 is 10.6 Å². The molecule has 0 radical (unpaired) electrons. The quantitative estimate of drug-likeness (QED) is 0.791. The minimum Gasteiger partial charge on any atom is -0.350 e. The molecular formula is C14H27N3O2. The van der Waals surface area contributed by atoms with Crippen LogP contribution in [0.4, 0.5) is 0 Å². The predicted octanol–water partition coefficient (Wildman–Crippen LogP) is 0.749. The van der Waals surface area contributed by atoms with E-state index in [9.17, 15) is 9.59 Å². The number of carbonyl (C=O) groups is 2. The third-order valence-corrected chi connectivity index (χ3v) is 3.62. The van der Waals surface area contributed by atoms with Crippen molar-refractivity contribution in [2.24, 2.45) is 5.41 Å². The SMILES string of the molecule is CCC1(C(=O)N(C)CC(=O)NC(C)(C)C)CCNC1. The Kier molecular flexibility index (Phi) is 4.96. The molecule has 1 atom stereocenters. The fraction of sp³-hybridized carbons (Fsp3) is 0.857. The summed E-state index contributed by atoms with van der Waals surface area (Å²) < 4.78 is 0. The number of hydrogen-bond donors (Lipinski definition) is 2. The third-order valence-electron chi connectivity index (χ3n) is 3.62. The van der Waals surface area contributed by atoms with E-state index in [1.165, 1.54) is 0 Å². The molecule has 1 fully saturated rings. The van der Waals surface area contributed by atoms with Gasteiger partial charge in [-0.3, -0.25) is 9.59 Å². The summed E-state index contributed by atoms with van der Waals surface area (Å²) in [4.78, 5) is 25.9. The van der Waals surface area contributed by atoms with Crippen molar-refractivity contribution in [1.29, 1.82) is 0 Å². The highest BCUT2D eigenvalue weighted by atomic mass is 16.2. The summed E-state index contributed by atoms with van der Waals surface area (Å²) in [5, 5.41) is 6.12. The molecule has 0 aromatic rings. The smallest absolute Gasteiger partial charge is 0.240 e. The molecular weight excluding hydrogens is 242 g/mol. The lowest BCUT2D eigenvalue weighted by atomic mass is 9.83. The van der Waals surface area contributed by atoms with E-state index in [4.69, 9.17) is 0 Å². The van der Waals surface area contributed by atoms with Gasteiger partial charge in [0.1, 0.15) is 0 Å². The second-order valence-electron chi connectivity index (χ2n) is 6.52. The van der Waals surface area contributed by atoms with Crippen LogP contribution in [0.5, 0.6) is 0 Å². The first-order valence-corrected chi connectivity index (χ1v) is 6.97. The van der Waals surface area contributed by atoms with Crippen LogP contribution >= 0.6 is 0 Å².